The number of aryl methyl sites for hydroxylation is 1. The van der Waals surface area contributed by atoms with Gasteiger partial charge < -0.3 is 5.32 Å². The number of rotatable bonds is 5. The Morgan fingerprint density at radius 1 is 1.07 bits per heavy atom. The monoisotopic (exact) mass is 412 g/mol. The normalized spacial score (nSPS) is 11.5. The van der Waals surface area contributed by atoms with E-state index in [9.17, 15) is 4.79 Å². The maximum absolute atomic E-state index is 12.4. The van der Waals surface area contributed by atoms with Crippen LogP contribution in [-0.4, -0.2) is 17.4 Å². The van der Waals surface area contributed by atoms with Crippen LogP contribution in [0.25, 0.3) is 10.6 Å². The zero-order valence-electron chi connectivity index (χ0n) is 16.7. The van der Waals surface area contributed by atoms with Crippen LogP contribution in [0.5, 0.6) is 0 Å². The highest BCUT2D eigenvalue weighted by Crippen LogP contribution is 2.29. The Morgan fingerprint density at radius 2 is 1.71 bits per heavy atom. The number of thiazole rings is 1. The van der Waals surface area contributed by atoms with Crippen molar-refractivity contribution in [1.82, 2.24) is 10.3 Å². The molecule has 0 atom stereocenters. The van der Waals surface area contributed by atoms with Crippen molar-refractivity contribution in [3.8, 4) is 10.6 Å². The maximum Gasteiger partial charge on any atom is 0.251 e. The van der Waals surface area contributed by atoms with Crippen LogP contribution in [0.15, 0.2) is 48.5 Å². The lowest BCUT2D eigenvalue weighted by Gasteiger charge is -2.19. The molecule has 0 unspecified atom stereocenters. The van der Waals surface area contributed by atoms with Gasteiger partial charge in [0.25, 0.3) is 5.91 Å². The first-order valence-corrected chi connectivity index (χ1v) is 10.5. The zero-order chi connectivity index (χ0) is 20.3. The summed E-state index contributed by atoms with van der Waals surface area (Å²) < 4.78 is 0. The summed E-state index contributed by atoms with van der Waals surface area (Å²) in [5.74, 6) is -0.0412. The number of benzene rings is 2. The summed E-state index contributed by atoms with van der Waals surface area (Å²) in [4.78, 5) is 18.3. The first kappa shape index (κ1) is 20.6. The van der Waals surface area contributed by atoms with E-state index in [4.69, 9.17) is 11.6 Å². The molecule has 0 radical (unpaired) electrons. The average Bonchev–Trinajstić information content (AvgIpc) is 3.02. The number of aromatic nitrogens is 1. The van der Waals surface area contributed by atoms with E-state index >= 15 is 0 Å². The Balaban J connectivity index is 1.59. The Morgan fingerprint density at radius 3 is 2.32 bits per heavy atom. The van der Waals surface area contributed by atoms with Crippen molar-refractivity contribution >= 4 is 28.8 Å². The highest BCUT2D eigenvalue weighted by molar-refractivity contribution is 7.15. The SMILES string of the molecule is Cc1nc(-c2ccc(Cl)cc2)sc1CCNC(=O)c1ccc(C(C)(C)C)cc1. The van der Waals surface area contributed by atoms with Gasteiger partial charge in [-0.15, -0.1) is 11.3 Å². The van der Waals surface area contributed by atoms with E-state index in [1.54, 1.807) is 11.3 Å². The molecule has 3 aromatic rings. The lowest BCUT2D eigenvalue weighted by atomic mass is 9.87. The summed E-state index contributed by atoms with van der Waals surface area (Å²) in [5, 5.41) is 4.71. The summed E-state index contributed by atoms with van der Waals surface area (Å²) in [5.41, 5.74) is 4.07. The third-order valence-corrected chi connectivity index (χ3v) is 6.15. The first-order chi connectivity index (χ1) is 13.2. The zero-order valence-corrected chi connectivity index (χ0v) is 18.2. The third-order valence-electron chi connectivity index (χ3n) is 4.63. The molecule has 1 amide bonds. The maximum atomic E-state index is 12.4. The third kappa shape index (κ3) is 5.00. The lowest BCUT2D eigenvalue weighted by molar-refractivity contribution is 0.0954. The number of amides is 1. The van der Waals surface area contributed by atoms with Crippen molar-refractivity contribution in [2.45, 2.75) is 39.5 Å². The molecule has 28 heavy (non-hydrogen) atoms. The summed E-state index contributed by atoms with van der Waals surface area (Å²) in [6, 6.07) is 15.6. The first-order valence-electron chi connectivity index (χ1n) is 9.35. The molecule has 0 saturated heterocycles. The number of hydrogen-bond acceptors (Lipinski definition) is 3. The van der Waals surface area contributed by atoms with Gasteiger partial charge in [0.05, 0.1) is 5.69 Å². The molecule has 146 valence electrons. The van der Waals surface area contributed by atoms with E-state index in [0.29, 0.717) is 12.1 Å². The minimum atomic E-state index is -0.0412. The van der Waals surface area contributed by atoms with E-state index in [-0.39, 0.29) is 11.3 Å². The molecule has 5 heteroatoms. The second kappa shape index (κ2) is 8.46. The molecule has 0 spiro atoms. The van der Waals surface area contributed by atoms with Gasteiger partial charge >= 0.3 is 0 Å². The van der Waals surface area contributed by atoms with Crippen molar-refractivity contribution in [3.63, 3.8) is 0 Å². The van der Waals surface area contributed by atoms with Gasteiger partial charge in [-0.05, 0) is 42.2 Å². The minimum absolute atomic E-state index is 0.0412. The van der Waals surface area contributed by atoms with Crippen LogP contribution >= 0.6 is 22.9 Å². The van der Waals surface area contributed by atoms with Crippen LogP contribution in [0.1, 0.15) is 47.3 Å². The number of nitrogens with zero attached hydrogens (tertiary/aromatic N) is 1. The van der Waals surface area contributed by atoms with Crippen molar-refractivity contribution in [3.05, 3.63) is 75.3 Å². The Bertz CT molecular complexity index is 954. The summed E-state index contributed by atoms with van der Waals surface area (Å²) in [7, 11) is 0. The fourth-order valence-electron chi connectivity index (χ4n) is 2.89. The predicted molar refractivity (Wildman–Crippen MR) is 118 cm³/mol. The summed E-state index contributed by atoms with van der Waals surface area (Å²) in [6.45, 7) is 9.09. The molecular weight excluding hydrogens is 388 g/mol. The molecule has 0 aliphatic rings. The van der Waals surface area contributed by atoms with Gasteiger partial charge in [0.2, 0.25) is 0 Å². The molecule has 2 aromatic carbocycles. The fourth-order valence-corrected chi connectivity index (χ4v) is 4.08. The molecular formula is C23H25ClN2OS. The number of hydrogen-bond donors (Lipinski definition) is 1. The fraction of sp³-hybridized carbons (Fsp3) is 0.304. The topological polar surface area (TPSA) is 42.0 Å². The molecule has 3 nitrogen and oxygen atoms in total. The molecule has 0 fully saturated rings. The standard InChI is InChI=1S/C23H25ClN2OS/c1-15-20(28-22(26-15)17-7-11-19(24)12-8-17)13-14-25-21(27)16-5-9-18(10-6-16)23(2,3)4/h5-12H,13-14H2,1-4H3,(H,25,27). The van der Waals surface area contributed by atoms with Crippen LogP contribution in [0.2, 0.25) is 5.02 Å². The Hall–Kier alpha value is -2.17. The van der Waals surface area contributed by atoms with Crippen LogP contribution < -0.4 is 5.32 Å². The molecule has 3 rings (SSSR count). The van der Waals surface area contributed by atoms with Gasteiger partial charge in [0.1, 0.15) is 5.01 Å². The van der Waals surface area contributed by atoms with Crippen molar-refractivity contribution in [1.29, 1.82) is 0 Å². The minimum Gasteiger partial charge on any atom is -0.352 e. The lowest BCUT2D eigenvalue weighted by Crippen LogP contribution is -2.25. The number of carbonyl (C=O) groups is 1. The van der Waals surface area contributed by atoms with E-state index in [1.165, 1.54) is 10.4 Å². The second-order valence-electron chi connectivity index (χ2n) is 7.87. The van der Waals surface area contributed by atoms with Gasteiger partial charge in [0.15, 0.2) is 0 Å². The largest absolute Gasteiger partial charge is 0.352 e. The second-order valence-corrected chi connectivity index (χ2v) is 9.39. The van der Waals surface area contributed by atoms with E-state index in [2.05, 4.69) is 31.1 Å². The molecule has 0 saturated carbocycles. The highest BCUT2D eigenvalue weighted by Gasteiger charge is 2.14. The van der Waals surface area contributed by atoms with Crippen LogP contribution in [0, 0.1) is 6.92 Å². The van der Waals surface area contributed by atoms with Crippen molar-refractivity contribution < 1.29 is 4.79 Å². The van der Waals surface area contributed by atoms with Crippen molar-refractivity contribution in [2.75, 3.05) is 6.54 Å². The molecule has 0 bridgehead atoms. The van der Waals surface area contributed by atoms with Crippen LogP contribution in [0.4, 0.5) is 0 Å². The van der Waals surface area contributed by atoms with Gasteiger partial charge in [-0.25, -0.2) is 4.98 Å². The highest BCUT2D eigenvalue weighted by atomic mass is 35.5. The van der Waals surface area contributed by atoms with Gasteiger partial charge in [-0.2, -0.15) is 0 Å². The van der Waals surface area contributed by atoms with Crippen molar-refractivity contribution in [2.24, 2.45) is 0 Å². The van der Waals surface area contributed by atoms with Gasteiger partial charge in [-0.1, -0.05) is 56.6 Å². The van der Waals surface area contributed by atoms with E-state index < -0.39 is 0 Å². The number of nitrogens with one attached hydrogen (secondary N) is 1. The quantitative estimate of drug-likeness (QED) is 0.554. The number of carbonyl (C=O) groups excluding carboxylic acids is 1. The smallest absolute Gasteiger partial charge is 0.251 e. The Kier molecular flexibility index (Phi) is 6.21. The predicted octanol–water partition coefficient (Wildman–Crippen LogP) is 6.04. The average molecular weight is 413 g/mol. The van der Waals surface area contributed by atoms with Crippen LogP contribution in [-0.2, 0) is 11.8 Å². The van der Waals surface area contributed by atoms with Gasteiger partial charge in [0, 0.05) is 34.0 Å². The Labute approximate surface area is 175 Å². The van der Waals surface area contributed by atoms with Crippen LogP contribution in [0.3, 0.4) is 0 Å². The molecule has 1 heterocycles. The van der Waals surface area contributed by atoms with Gasteiger partial charge in [-0.3, -0.25) is 4.79 Å². The molecule has 1 aromatic heterocycles. The van der Waals surface area contributed by atoms with E-state index in [1.807, 2.05) is 55.5 Å². The van der Waals surface area contributed by atoms with E-state index in [0.717, 1.165) is 27.7 Å². The summed E-state index contributed by atoms with van der Waals surface area (Å²) >= 11 is 7.62. The summed E-state index contributed by atoms with van der Waals surface area (Å²) in [6.07, 6.45) is 0.767. The molecule has 0 aliphatic heterocycles. The number of halogens is 1. The molecule has 0 aliphatic carbocycles. The molecule has 1 N–H and O–H groups in total.